The molecule has 360 valence electrons. The Morgan fingerprint density at radius 1 is 0.311 bits per heavy atom. The molecule has 0 aliphatic heterocycles. The zero-order valence-electron chi connectivity index (χ0n) is 41.2. The molecule has 6 heteroatoms. The van der Waals surface area contributed by atoms with Crippen molar-refractivity contribution < 1.29 is 28.6 Å². The number of unbranched alkanes of at least 4 members (excludes halogenated alkanes) is 37. The topological polar surface area (TPSA) is 78.9 Å². The van der Waals surface area contributed by atoms with E-state index in [4.69, 9.17) is 14.2 Å². The fourth-order valence-corrected chi connectivity index (χ4v) is 8.14. The Hall–Kier alpha value is -1.85. The van der Waals surface area contributed by atoms with Crippen molar-refractivity contribution in [1.29, 1.82) is 0 Å². The molecular formula is C55H104O6. The molecule has 0 saturated heterocycles. The molecule has 0 spiro atoms. The summed E-state index contributed by atoms with van der Waals surface area (Å²) in [5.74, 6) is -0.858. The molecule has 0 amide bonds. The number of hydrogen-bond acceptors (Lipinski definition) is 6. The summed E-state index contributed by atoms with van der Waals surface area (Å²) in [7, 11) is 0. The van der Waals surface area contributed by atoms with Crippen LogP contribution in [-0.4, -0.2) is 37.2 Å². The molecule has 61 heavy (non-hydrogen) atoms. The van der Waals surface area contributed by atoms with E-state index in [2.05, 4.69) is 32.9 Å². The van der Waals surface area contributed by atoms with Crippen LogP contribution in [0.4, 0.5) is 0 Å². The van der Waals surface area contributed by atoms with Gasteiger partial charge in [-0.15, -0.1) is 0 Å². The Morgan fingerprint density at radius 3 is 0.836 bits per heavy atom. The van der Waals surface area contributed by atoms with E-state index in [1.165, 1.54) is 199 Å². The molecule has 0 aliphatic carbocycles. The molecule has 0 rings (SSSR count). The molecule has 0 aromatic heterocycles. The summed E-state index contributed by atoms with van der Waals surface area (Å²) in [4.78, 5) is 38.0. The fraction of sp³-hybridized carbons (Fsp3) is 0.909. The van der Waals surface area contributed by atoms with Crippen molar-refractivity contribution in [2.75, 3.05) is 13.2 Å². The van der Waals surface area contributed by atoms with E-state index in [0.29, 0.717) is 19.3 Å². The molecule has 0 unspecified atom stereocenters. The number of rotatable bonds is 50. The summed E-state index contributed by atoms with van der Waals surface area (Å²) in [5.41, 5.74) is 0. The molecule has 0 radical (unpaired) electrons. The van der Waals surface area contributed by atoms with Crippen molar-refractivity contribution in [2.24, 2.45) is 0 Å². The number of ether oxygens (including phenoxy) is 3. The summed E-state index contributed by atoms with van der Waals surface area (Å²) >= 11 is 0. The third-order valence-corrected chi connectivity index (χ3v) is 12.3. The Morgan fingerprint density at radius 2 is 0.541 bits per heavy atom. The van der Waals surface area contributed by atoms with Gasteiger partial charge in [0.1, 0.15) is 13.2 Å². The number of carbonyl (C=O) groups excluding carboxylic acids is 3. The Kier molecular flexibility index (Phi) is 49.3. The SMILES string of the molecule is CCCCCC/C=C\CCCCCCCC(=O)OC[C@H](COC(=O)CCCCCCCCCCCCCCCCCCCCC)OC(=O)CCCCCCCCCCCCC. The van der Waals surface area contributed by atoms with Gasteiger partial charge in [-0.05, 0) is 44.9 Å². The van der Waals surface area contributed by atoms with Crippen LogP contribution in [0.25, 0.3) is 0 Å². The molecule has 1 atom stereocenters. The van der Waals surface area contributed by atoms with Crippen LogP contribution in [0.3, 0.4) is 0 Å². The van der Waals surface area contributed by atoms with E-state index in [1.807, 2.05) is 0 Å². The van der Waals surface area contributed by atoms with E-state index in [-0.39, 0.29) is 31.1 Å². The Labute approximate surface area is 380 Å². The Bertz CT molecular complexity index is 947. The lowest BCUT2D eigenvalue weighted by atomic mass is 10.0. The second kappa shape index (κ2) is 50.8. The maximum atomic E-state index is 12.8. The van der Waals surface area contributed by atoms with Crippen molar-refractivity contribution in [3.8, 4) is 0 Å². The van der Waals surface area contributed by atoms with Gasteiger partial charge in [0.05, 0.1) is 0 Å². The number of carbonyl (C=O) groups is 3. The third-order valence-electron chi connectivity index (χ3n) is 12.3. The summed E-state index contributed by atoms with van der Waals surface area (Å²) in [5, 5.41) is 0. The predicted molar refractivity (Wildman–Crippen MR) is 261 cm³/mol. The van der Waals surface area contributed by atoms with Gasteiger partial charge in [0.15, 0.2) is 6.10 Å². The summed E-state index contributed by atoms with van der Waals surface area (Å²) in [6.07, 6.45) is 56.3. The number of esters is 3. The maximum absolute atomic E-state index is 12.8. The monoisotopic (exact) mass is 861 g/mol. The van der Waals surface area contributed by atoms with Crippen molar-refractivity contribution >= 4 is 17.9 Å². The normalized spacial score (nSPS) is 12.0. The lowest BCUT2D eigenvalue weighted by molar-refractivity contribution is -0.167. The van der Waals surface area contributed by atoms with Gasteiger partial charge >= 0.3 is 17.9 Å². The molecule has 6 nitrogen and oxygen atoms in total. The van der Waals surface area contributed by atoms with E-state index in [9.17, 15) is 14.4 Å². The molecule has 0 saturated carbocycles. The predicted octanol–water partition coefficient (Wildman–Crippen LogP) is 17.8. The molecule has 0 bridgehead atoms. The van der Waals surface area contributed by atoms with Gasteiger partial charge in [-0.2, -0.15) is 0 Å². The highest BCUT2D eigenvalue weighted by molar-refractivity contribution is 5.71. The molecular weight excluding hydrogens is 757 g/mol. The van der Waals surface area contributed by atoms with Gasteiger partial charge in [0.25, 0.3) is 0 Å². The minimum Gasteiger partial charge on any atom is -0.462 e. The molecule has 0 aromatic rings. The molecule has 0 aromatic carbocycles. The summed E-state index contributed by atoms with van der Waals surface area (Å²) in [6, 6.07) is 0. The van der Waals surface area contributed by atoms with Crippen LogP contribution in [0, 0.1) is 0 Å². The van der Waals surface area contributed by atoms with Crippen LogP contribution in [0.15, 0.2) is 12.2 Å². The quantitative estimate of drug-likeness (QED) is 0.0262. The van der Waals surface area contributed by atoms with Crippen LogP contribution in [0.1, 0.15) is 303 Å². The first-order chi connectivity index (χ1) is 30.0. The Balaban J connectivity index is 4.25. The maximum Gasteiger partial charge on any atom is 0.306 e. The second-order valence-corrected chi connectivity index (χ2v) is 18.5. The first kappa shape index (κ1) is 59.1. The number of allylic oxidation sites excluding steroid dienone is 2. The van der Waals surface area contributed by atoms with Crippen molar-refractivity contribution in [1.82, 2.24) is 0 Å². The third kappa shape index (κ3) is 49.0. The van der Waals surface area contributed by atoms with Gasteiger partial charge in [0.2, 0.25) is 0 Å². The number of hydrogen-bond donors (Lipinski definition) is 0. The van der Waals surface area contributed by atoms with Gasteiger partial charge < -0.3 is 14.2 Å². The van der Waals surface area contributed by atoms with Crippen LogP contribution < -0.4 is 0 Å². The zero-order chi connectivity index (χ0) is 44.4. The fourth-order valence-electron chi connectivity index (χ4n) is 8.14. The van der Waals surface area contributed by atoms with E-state index in [1.54, 1.807) is 0 Å². The van der Waals surface area contributed by atoms with Gasteiger partial charge in [-0.1, -0.05) is 251 Å². The van der Waals surface area contributed by atoms with Crippen LogP contribution in [-0.2, 0) is 28.6 Å². The van der Waals surface area contributed by atoms with E-state index in [0.717, 1.165) is 64.2 Å². The first-order valence-corrected chi connectivity index (χ1v) is 27.2. The largest absolute Gasteiger partial charge is 0.462 e. The lowest BCUT2D eigenvalue weighted by Crippen LogP contribution is -2.30. The van der Waals surface area contributed by atoms with Crippen molar-refractivity contribution in [3.63, 3.8) is 0 Å². The van der Waals surface area contributed by atoms with Gasteiger partial charge in [0, 0.05) is 19.3 Å². The van der Waals surface area contributed by atoms with Crippen LogP contribution in [0.5, 0.6) is 0 Å². The molecule has 0 N–H and O–H groups in total. The van der Waals surface area contributed by atoms with Crippen molar-refractivity contribution in [3.05, 3.63) is 12.2 Å². The zero-order valence-corrected chi connectivity index (χ0v) is 41.2. The summed E-state index contributed by atoms with van der Waals surface area (Å²) in [6.45, 7) is 6.65. The average molecular weight is 861 g/mol. The van der Waals surface area contributed by atoms with Crippen LogP contribution in [0.2, 0.25) is 0 Å². The first-order valence-electron chi connectivity index (χ1n) is 27.2. The van der Waals surface area contributed by atoms with Gasteiger partial charge in [-0.25, -0.2) is 0 Å². The standard InChI is InChI=1S/C55H104O6/c1-4-7-10-13-16-19-22-24-25-26-27-28-29-31-34-36-39-42-45-48-54(57)60-51-52(61-55(58)49-46-43-40-37-32-21-18-15-12-9-6-3)50-59-53(56)47-44-41-38-35-33-30-23-20-17-14-11-8-5-2/h20,23,52H,4-19,21-22,24-51H2,1-3H3/b23-20-/t52-/m1/s1. The van der Waals surface area contributed by atoms with Crippen molar-refractivity contribution in [2.45, 2.75) is 309 Å². The van der Waals surface area contributed by atoms with Gasteiger partial charge in [-0.3, -0.25) is 14.4 Å². The highest BCUT2D eigenvalue weighted by Crippen LogP contribution is 2.17. The van der Waals surface area contributed by atoms with E-state index < -0.39 is 6.10 Å². The highest BCUT2D eigenvalue weighted by Gasteiger charge is 2.19. The highest BCUT2D eigenvalue weighted by atomic mass is 16.6. The molecule has 0 heterocycles. The lowest BCUT2D eigenvalue weighted by Gasteiger charge is -2.18. The van der Waals surface area contributed by atoms with Crippen LogP contribution >= 0.6 is 0 Å². The van der Waals surface area contributed by atoms with E-state index >= 15 is 0 Å². The minimum absolute atomic E-state index is 0.0670. The smallest absolute Gasteiger partial charge is 0.306 e. The molecule has 0 aliphatic rings. The second-order valence-electron chi connectivity index (χ2n) is 18.5. The minimum atomic E-state index is -0.766. The average Bonchev–Trinajstić information content (AvgIpc) is 3.26. The summed E-state index contributed by atoms with van der Waals surface area (Å²) < 4.78 is 16.8. The molecule has 0 fully saturated rings.